The molecule has 0 spiro atoms. The summed E-state index contributed by atoms with van der Waals surface area (Å²) in [5, 5.41) is 3.14. The van der Waals surface area contributed by atoms with Gasteiger partial charge in [0.2, 0.25) is 0 Å². The number of nitrogen functional groups attached to an aromatic ring is 1. The first-order chi connectivity index (χ1) is 9.30. The quantitative estimate of drug-likeness (QED) is 0.526. The van der Waals surface area contributed by atoms with Gasteiger partial charge in [-0.15, -0.1) is 0 Å². The molecule has 20 heavy (non-hydrogen) atoms. The molecule has 2 rings (SSSR count). The Morgan fingerprint density at radius 1 is 1.35 bits per heavy atom. The van der Waals surface area contributed by atoms with E-state index in [0.29, 0.717) is 17.6 Å². The number of hydrazine groups is 1. The smallest absolute Gasteiger partial charge is 0.149 e. The molecular weight excluding hydrogens is 278 g/mol. The average molecular weight is 299 g/mol. The molecule has 1 aliphatic rings. The summed E-state index contributed by atoms with van der Waals surface area (Å²) in [5.41, 5.74) is 3.36. The number of nitrogens with two attached hydrogens (primary N) is 1. The summed E-state index contributed by atoms with van der Waals surface area (Å²) in [6, 6.07) is -0.226. The van der Waals surface area contributed by atoms with Crippen molar-refractivity contribution in [2.45, 2.75) is 38.6 Å². The van der Waals surface area contributed by atoms with Crippen LogP contribution in [-0.2, 0) is 9.84 Å². The standard InChI is InChI=1S/C12H21N5O2S/c1-7(6-20(3,18)19)14-10-8(2)11(17-13)16-12(15-10)9-4-5-9/h7,9H,4-6,13H2,1-3H3,(H2,14,15,16,17). The van der Waals surface area contributed by atoms with Crippen LogP contribution in [0, 0.1) is 6.92 Å². The van der Waals surface area contributed by atoms with E-state index in [1.165, 1.54) is 6.26 Å². The summed E-state index contributed by atoms with van der Waals surface area (Å²) < 4.78 is 22.6. The third-order valence-corrected chi connectivity index (χ3v) is 4.28. The van der Waals surface area contributed by atoms with Crippen LogP contribution in [0.4, 0.5) is 11.6 Å². The fourth-order valence-electron chi connectivity index (χ4n) is 2.07. The lowest BCUT2D eigenvalue weighted by atomic mass is 10.2. The lowest BCUT2D eigenvalue weighted by Gasteiger charge is -2.17. The van der Waals surface area contributed by atoms with Crippen molar-refractivity contribution >= 4 is 21.5 Å². The summed E-state index contributed by atoms with van der Waals surface area (Å²) in [5.74, 6) is 7.92. The zero-order valence-corrected chi connectivity index (χ0v) is 12.8. The van der Waals surface area contributed by atoms with E-state index in [4.69, 9.17) is 5.84 Å². The summed E-state index contributed by atoms with van der Waals surface area (Å²) >= 11 is 0. The molecule has 0 bridgehead atoms. The molecule has 112 valence electrons. The largest absolute Gasteiger partial charge is 0.366 e. The lowest BCUT2D eigenvalue weighted by molar-refractivity contribution is 0.598. The van der Waals surface area contributed by atoms with E-state index in [1.54, 1.807) is 0 Å². The van der Waals surface area contributed by atoms with Crippen LogP contribution in [0.1, 0.15) is 37.1 Å². The van der Waals surface area contributed by atoms with Gasteiger partial charge >= 0.3 is 0 Å². The Morgan fingerprint density at radius 2 is 1.95 bits per heavy atom. The summed E-state index contributed by atoms with van der Waals surface area (Å²) in [7, 11) is -3.03. The topological polar surface area (TPSA) is 110 Å². The van der Waals surface area contributed by atoms with Crippen LogP contribution in [0.3, 0.4) is 0 Å². The Hall–Kier alpha value is -1.41. The van der Waals surface area contributed by atoms with Crippen molar-refractivity contribution in [1.82, 2.24) is 9.97 Å². The summed E-state index contributed by atoms with van der Waals surface area (Å²) in [6.07, 6.45) is 3.40. The monoisotopic (exact) mass is 299 g/mol. The molecule has 0 aromatic carbocycles. The molecule has 4 N–H and O–H groups in total. The average Bonchev–Trinajstić information content (AvgIpc) is 3.13. The van der Waals surface area contributed by atoms with Gasteiger partial charge in [-0.25, -0.2) is 24.2 Å². The number of hydrogen-bond acceptors (Lipinski definition) is 7. The van der Waals surface area contributed by atoms with Gasteiger partial charge in [-0.05, 0) is 26.7 Å². The molecule has 7 nitrogen and oxygen atoms in total. The van der Waals surface area contributed by atoms with Crippen molar-refractivity contribution in [2.24, 2.45) is 5.84 Å². The third kappa shape index (κ3) is 3.80. The number of rotatable bonds is 6. The molecule has 1 atom stereocenters. The zero-order chi connectivity index (χ0) is 14.9. The van der Waals surface area contributed by atoms with Crippen LogP contribution >= 0.6 is 0 Å². The van der Waals surface area contributed by atoms with Crippen molar-refractivity contribution in [3.63, 3.8) is 0 Å². The minimum Gasteiger partial charge on any atom is -0.366 e. The Balaban J connectivity index is 2.23. The van der Waals surface area contributed by atoms with Gasteiger partial charge in [0, 0.05) is 23.8 Å². The van der Waals surface area contributed by atoms with Crippen LogP contribution in [0.25, 0.3) is 0 Å². The lowest BCUT2D eigenvalue weighted by Crippen LogP contribution is -2.26. The first-order valence-corrected chi connectivity index (χ1v) is 8.65. The summed E-state index contributed by atoms with van der Waals surface area (Å²) in [6.45, 7) is 3.66. The number of aromatic nitrogens is 2. The Morgan fingerprint density at radius 3 is 2.45 bits per heavy atom. The number of hydrogen-bond donors (Lipinski definition) is 3. The number of sulfone groups is 1. The zero-order valence-electron chi connectivity index (χ0n) is 12.0. The minimum absolute atomic E-state index is 0.0561. The molecule has 1 unspecified atom stereocenters. The number of nitrogens with one attached hydrogen (secondary N) is 2. The summed E-state index contributed by atoms with van der Waals surface area (Å²) in [4.78, 5) is 8.89. The molecule has 1 aromatic heterocycles. The highest BCUT2D eigenvalue weighted by Gasteiger charge is 2.28. The van der Waals surface area contributed by atoms with Gasteiger partial charge in [-0.3, -0.25) is 0 Å². The number of nitrogens with zero attached hydrogens (tertiary/aromatic N) is 2. The van der Waals surface area contributed by atoms with E-state index in [1.807, 2.05) is 13.8 Å². The second-order valence-electron chi connectivity index (χ2n) is 5.46. The van der Waals surface area contributed by atoms with Gasteiger partial charge in [0.05, 0.1) is 5.75 Å². The van der Waals surface area contributed by atoms with Crippen LogP contribution in [0.15, 0.2) is 0 Å². The molecule has 8 heteroatoms. The van der Waals surface area contributed by atoms with Gasteiger partial charge in [-0.2, -0.15) is 0 Å². The molecule has 0 radical (unpaired) electrons. The molecule has 0 amide bonds. The minimum atomic E-state index is -3.03. The molecule has 0 saturated heterocycles. The fraction of sp³-hybridized carbons (Fsp3) is 0.667. The maximum atomic E-state index is 11.3. The molecule has 1 aromatic rings. The highest BCUT2D eigenvalue weighted by atomic mass is 32.2. The molecule has 0 aliphatic heterocycles. The molecule has 1 saturated carbocycles. The fourth-order valence-corrected chi connectivity index (χ4v) is 3.06. The second kappa shape index (κ2) is 5.53. The SMILES string of the molecule is Cc1c(NN)nc(C2CC2)nc1NC(C)CS(C)(=O)=O. The second-order valence-corrected chi connectivity index (χ2v) is 7.65. The highest BCUT2D eigenvalue weighted by Crippen LogP contribution is 2.39. The van der Waals surface area contributed by atoms with Crippen LogP contribution in [0.5, 0.6) is 0 Å². The van der Waals surface area contributed by atoms with Gasteiger partial charge in [0.1, 0.15) is 27.3 Å². The Bertz CT molecular complexity index is 598. The van der Waals surface area contributed by atoms with E-state index in [0.717, 1.165) is 24.2 Å². The van der Waals surface area contributed by atoms with Gasteiger partial charge in [-0.1, -0.05) is 0 Å². The van der Waals surface area contributed by atoms with Gasteiger partial charge in [0.25, 0.3) is 0 Å². The number of anilines is 2. The van der Waals surface area contributed by atoms with Crippen molar-refractivity contribution in [3.05, 3.63) is 11.4 Å². The molecule has 1 heterocycles. The normalized spacial score (nSPS) is 16.8. The molecule has 1 fully saturated rings. The molecular formula is C12H21N5O2S. The maximum Gasteiger partial charge on any atom is 0.149 e. The van der Waals surface area contributed by atoms with E-state index in [9.17, 15) is 8.42 Å². The van der Waals surface area contributed by atoms with Gasteiger partial charge < -0.3 is 10.7 Å². The highest BCUT2D eigenvalue weighted by molar-refractivity contribution is 7.90. The maximum absolute atomic E-state index is 11.3. The van der Waals surface area contributed by atoms with Gasteiger partial charge in [0.15, 0.2) is 0 Å². The van der Waals surface area contributed by atoms with E-state index >= 15 is 0 Å². The van der Waals surface area contributed by atoms with Crippen molar-refractivity contribution in [2.75, 3.05) is 22.8 Å². The van der Waals surface area contributed by atoms with E-state index < -0.39 is 9.84 Å². The van der Waals surface area contributed by atoms with Crippen LogP contribution in [-0.4, -0.2) is 36.4 Å². The third-order valence-electron chi connectivity index (χ3n) is 3.18. The predicted octanol–water partition coefficient (Wildman–Crippen LogP) is 0.793. The van der Waals surface area contributed by atoms with Crippen LogP contribution < -0.4 is 16.6 Å². The first kappa shape index (κ1) is 15.0. The Kier molecular flexibility index (Phi) is 4.14. The van der Waals surface area contributed by atoms with E-state index in [2.05, 4.69) is 20.7 Å². The molecule has 1 aliphatic carbocycles. The van der Waals surface area contributed by atoms with Crippen molar-refractivity contribution in [1.29, 1.82) is 0 Å². The van der Waals surface area contributed by atoms with Crippen LogP contribution in [0.2, 0.25) is 0 Å². The first-order valence-electron chi connectivity index (χ1n) is 6.59. The van der Waals surface area contributed by atoms with E-state index in [-0.39, 0.29) is 11.8 Å². The van der Waals surface area contributed by atoms with Crippen molar-refractivity contribution < 1.29 is 8.42 Å². The Labute approximate surface area is 119 Å². The van der Waals surface area contributed by atoms with Crippen molar-refractivity contribution in [3.8, 4) is 0 Å². The predicted molar refractivity (Wildman–Crippen MR) is 79.3 cm³/mol.